The summed E-state index contributed by atoms with van der Waals surface area (Å²) >= 11 is 0. The maximum atomic E-state index is 2.34. The number of hydrogen-bond donors (Lipinski definition) is 0. The first-order valence-electron chi connectivity index (χ1n) is 7.20. The van der Waals surface area contributed by atoms with E-state index in [1.807, 2.05) is 0 Å². The predicted octanol–water partition coefficient (Wildman–Crippen LogP) is 5.71. The van der Waals surface area contributed by atoms with E-state index in [2.05, 4.69) is 73.7 Å². The van der Waals surface area contributed by atoms with Gasteiger partial charge in [-0.15, -0.1) is 0 Å². The molecule has 0 atom stereocenters. The average molecular weight is 256 g/mol. The van der Waals surface area contributed by atoms with Crippen molar-refractivity contribution in [3.05, 3.63) is 72.3 Å². The fourth-order valence-electron chi connectivity index (χ4n) is 3.15. The summed E-state index contributed by atoms with van der Waals surface area (Å²) in [5, 5.41) is 8.06. The van der Waals surface area contributed by atoms with E-state index in [4.69, 9.17) is 0 Å². The molecule has 4 rings (SSSR count). The lowest BCUT2D eigenvalue weighted by Crippen LogP contribution is -1.85. The fourth-order valence-corrected chi connectivity index (χ4v) is 3.15. The number of fused-ring (bicyclic) bond motifs is 4. The van der Waals surface area contributed by atoms with E-state index in [1.165, 1.54) is 37.9 Å². The second kappa shape index (κ2) is 4.35. The quantitative estimate of drug-likeness (QED) is 0.302. The Morgan fingerprint density at radius 3 is 2.20 bits per heavy atom. The van der Waals surface area contributed by atoms with Crippen molar-refractivity contribution in [3.63, 3.8) is 0 Å². The molecule has 0 fully saturated rings. The van der Waals surface area contributed by atoms with Crippen molar-refractivity contribution < 1.29 is 0 Å². The second-order valence-corrected chi connectivity index (χ2v) is 5.35. The van der Waals surface area contributed by atoms with Crippen LogP contribution in [0.2, 0.25) is 0 Å². The number of benzene rings is 4. The number of aryl methyl sites for hydroxylation is 1. The van der Waals surface area contributed by atoms with E-state index < -0.39 is 0 Å². The summed E-state index contributed by atoms with van der Waals surface area (Å²) in [4.78, 5) is 0. The molecule has 0 heteroatoms. The van der Waals surface area contributed by atoms with Gasteiger partial charge in [0.15, 0.2) is 0 Å². The summed E-state index contributed by atoms with van der Waals surface area (Å²) < 4.78 is 0. The van der Waals surface area contributed by atoms with Gasteiger partial charge >= 0.3 is 0 Å². The van der Waals surface area contributed by atoms with Crippen molar-refractivity contribution in [3.8, 4) is 0 Å². The monoisotopic (exact) mass is 256 g/mol. The van der Waals surface area contributed by atoms with Gasteiger partial charge in [-0.2, -0.15) is 0 Å². The molecule has 20 heavy (non-hydrogen) atoms. The van der Waals surface area contributed by atoms with Gasteiger partial charge in [-0.3, -0.25) is 0 Å². The highest BCUT2D eigenvalue weighted by Crippen LogP contribution is 2.30. The minimum atomic E-state index is 1.08. The van der Waals surface area contributed by atoms with Crippen molar-refractivity contribution in [1.29, 1.82) is 0 Å². The van der Waals surface area contributed by atoms with Crippen molar-refractivity contribution >= 4 is 32.3 Å². The number of rotatable bonds is 1. The van der Waals surface area contributed by atoms with Gasteiger partial charge in [0, 0.05) is 0 Å². The first-order valence-corrected chi connectivity index (χ1v) is 7.20. The Balaban J connectivity index is 2.20. The Morgan fingerprint density at radius 2 is 1.30 bits per heavy atom. The van der Waals surface area contributed by atoms with Crippen molar-refractivity contribution in [2.45, 2.75) is 13.3 Å². The van der Waals surface area contributed by atoms with Gasteiger partial charge in [0.1, 0.15) is 0 Å². The summed E-state index contributed by atoms with van der Waals surface area (Å²) in [7, 11) is 0. The summed E-state index contributed by atoms with van der Waals surface area (Å²) in [5.41, 5.74) is 1.43. The van der Waals surface area contributed by atoms with E-state index in [-0.39, 0.29) is 0 Å². The molecule has 0 spiro atoms. The van der Waals surface area contributed by atoms with Crippen LogP contribution in [-0.4, -0.2) is 0 Å². The van der Waals surface area contributed by atoms with E-state index in [0.29, 0.717) is 0 Å². The molecule has 0 aliphatic carbocycles. The summed E-state index contributed by atoms with van der Waals surface area (Å²) in [6.45, 7) is 2.22. The van der Waals surface area contributed by atoms with Crippen LogP contribution in [0.15, 0.2) is 66.7 Å². The lowest BCUT2D eigenvalue weighted by molar-refractivity contribution is 1.16. The van der Waals surface area contributed by atoms with E-state index in [9.17, 15) is 0 Å². The molecular formula is C20H16. The smallest absolute Gasteiger partial charge is 0.00990 e. The SMILES string of the molecule is CCc1cccc2cc3c(ccc4ccccc43)cc12. The van der Waals surface area contributed by atoms with Crippen molar-refractivity contribution in [2.24, 2.45) is 0 Å². The third-order valence-electron chi connectivity index (χ3n) is 4.22. The molecule has 0 unspecified atom stereocenters. The Kier molecular flexibility index (Phi) is 2.50. The standard InChI is InChI=1S/C20H16/c1-2-14-7-5-8-16-13-20-17(12-19(14)16)11-10-15-6-3-4-9-18(15)20/h3-13H,2H2,1H3. The molecule has 0 bridgehead atoms. The summed E-state index contributed by atoms with van der Waals surface area (Å²) in [6.07, 6.45) is 1.08. The minimum Gasteiger partial charge on any atom is -0.0616 e. The van der Waals surface area contributed by atoms with Crippen molar-refractivity contribution in [2.75, 3.05) is 0 Å². The molecule has 0 saturated carbocycles. The highest BCUT2D eigenvalue weighted by atomic mass is 14.1. The van der Waals surface area contributed by atoms with Crippen LogP contribution in [0.3, 0.4) is 0 Å². The lowest BCUT2D eigenvalue weighted by atomic mass is 9.95. The predicted molar refractivity (Wildman–Crippen MR) is 88.3 cm³/mol. The highest BCUT2D eigenvalue weighted by molar-refractivity contribution is 6.12. The molecule has 0 heterocycles. The topological polar surface area (TPSA) is 0 Å². The van der Waals surface area contributed by atoms with E-state index in [0.717, 1.165) is 6.42 Å². The zero-order valence-corrected chi connectivity index (χ0v) is 11.6. The Hall–Kier alpha value is -2.34. The van der Waals surface area contributed by atoms with Crippen molar-refractivity contribution in [1.82, 2.24) is 0 Å². The van der Waals surface area contributed by atoms with E-state index >= 15 is 0 Å². The van der Waals surface area contributed by atoms with Crippen LogP contribution in [0.4, 0.5) is 0 Å². The molecule has 0 aliphatic rings. The zero-order valence-electron chi connectivity index (χ0n) is 11.6. The second-order valence-electron chi connectivity index (χ2n) is 5.35. The van der Waals surface area contributed by atoms with Crippen LogP contribution in [0.25, 0.3) is 32.3 Å². The van der Waals surface area contributed by atoms with E-state index in [1.54, 1.807) is 0 Å². The molecule has 96 valence electrons. The van der Waals surface area contributed by atoms with Crippen LogP contribution in [0.1, 0.15) is 12.5 Å². The first kappa shape index (κ1) is 11.5. The van der Waals surface area contributed by atoms with Crippen LogP contribution in [-0.2, 0) is 6.42 Å². The third-order valence-corrected chi connectivity index (χ3v) is 4.22. The molecule has 0 aliphatic heterocycles. The molecular weight excluding hydrogens is 240 g/mol. The largest absolute Gasteiger partial charge is 0.0616 e. The summed E-state index contributed by atoms with van der Waals surface area (Å²) in [5.74, 6) is 0. The third kappa shape index (κ3) is 1.61. The molecule has 0 aromatic heterocycles. The van der Waals surface area contributed by atoms with Gasteiger partial charge < -0.3 is 0 Å². The molecule has 4 aromatic carbocycles. The summed E-state index contributed by atoms with van der Waals surface area (Å²) in [6, 6.07) is 24.4. The maximum absolute atomic E-state index is 2.34. The Morgan fingerprint density at radius 1 is 0.600 bits per heavy atom. The normalized spacial score (nSPS) is 11.4. The maximum Gasteiger partial charge on any atom is -0.00990 e. The van der Waals surface area contributed by atoms with Gasteiger partial charge in [0.05, 0.1) is 0 Å². The molecule has 0 nitrogen and oxygen atoms in total. The van der Waals surface area contributed by atoms with Gasteiger partial charge in [-0.25, -0.2) is 0 Å². The van der Waals surface area contributed by atoms with Crippen LogP contribution >= 0.6 is 0 Å². The molecule has 0 amide bonds. The first-order chi connectivity index (χ1) is 9.86. The van der Waals surface area contributed by atoms with Gasteiger partial charge in [0.25, 0.3) is 0 Å². The minimum absolute atomic E-state index is 1.08. The van der Waals surface area contributed by atoms with Gasteiger partial charge in [-0.1, -0.05) is 61.5 Å². The molecule has 0 radical (unpaired) electrons. The highest BCUT2D eigenvalue weighted by Gasteiger charge is 2.04. The molecule has 0 N–H and O–H groups in total. The van der Waals surface area contributed by atoms with Crippen LogP contribution in [0, 0.1) is 0 Å². The number of hydrogen-bond acceptors (Lipinski definition) is 0. The fraction of sp³-hybridized carbons (Fsp3) is 0.100. The Bertz CT molecular complexity index is 932. The average Bonchev–Trinajstić information content (AvgIpc) is 2.52. The Labute approximate surface area is 118 Å². The van der Waals surface area contributed by atoms with Gasteiger partial charge in [0.2, 0.25) is 0 Å². The molecule has 4 aromatic rings. The van der Waals surface area contributed by atoms with Crippen LogP contribution in [0.5, 0.6) is 0 Å². The molecule has 0 saturated heterocycles. The van der Waals surface area contributed by atoms with Gasteiger partial charge in [-0.05, 0) is 56.4 Å². The zero-order chi connectivity index (χ0) is 13.5. The lowest BCUT2D eigenvalue weighted by Gasteiger charge is -2.09. The van der Waals surface area contributed by atoms with Crippen LogP contribution < -0.4 is 0 Å².